The Morgan fingerprint density at radius 1 is 1.03 bits per heavy atom. The molecular weight excluding hydrogens is 515 g/mol. The molecule has 1 aromatic carbocycles. The summed E-state index contributed by atoms with van der Waals surface area (Å²) in [6, 6.07) is 14.5. The first-order chi connectivity index (χ1) is 18.5. The van der Waals surface area contributed by atoms with E-state index in [9.17, 15) is 23.1 Å². The quantitative estimate of drug-likeness (QED) is 0.426. The molecule has 6 rings (SSSR count). The second-order valence-electron chi connectivity index (χ2n) is 11.1. The minimum atomic E-state index is -5.19. The highest BCUT2D eigenvalue weighted by Crippen LogP contribution is 2.45. The van der Waals surface area contributed by atoms with Crippen molar-refractivity contribution in [1.29, 1.82) is 0 Å². The van der Waals surface area contributed by atoms with Gasteiger partial charge in [0.15, 0.2) is 6.10 Å². The number of hydrogen-bond donors (Lipinski definition) is 1. The highest BCUT2D eigenvalue weighted by molar-refractivity contribution is 5.81. The largest absolute Gasteiger partial charge is 0.542 e. The molecule has 4 fully saturated rings. The lowest BCUT2D eigenvalue weighted by atomic mass is 9.75. The minimum absolute atomic E-state index is 0.151. The van der Waals surface area contributed by atoms with Crippen LogP contribution in [0.4, 0.5) is 13.2 Å². The van der Waals surface area contributed by atoms with E-state index < -0.39 is 23.7 Å². The zero-order valence-corrected chi connectivity index (χ0v) is 22.1. The predicted octanol–water partition coefficient (Wildman–Crippen LogP) is 4.26. The Morgan fingerprint density at radius 2 is 1.64 bits per heavy atom. The summed E-state index contributed by atoms with van der Waals surface area (Å²) in [7, 11) is 0. The number of nitrogens with zero attached hydrogens (tertiary/aromatic N) is 1. The topological polar surface area (TPSA) is 99.8 Å². The number of esters is 1. The van der Waals surface area contributed by atoms with Gasteiger partial charge in [0.25, 0.3) is 0 Å². The van der Waals surface area contributed by atoms with Gasteiger partial charge in [-0.2, -0.15) is 13.2 Å². The maximum Gasteiger partial charge on any atom is 0.430 e. The van der Waals surface area contributed by atoms with Gasteiger partial charge in [-0.25, -0.2) is 4.79 Å². The molecule has 7 nitrogen and oxygen atoms in total. The number of carboxylic acid groups (broad SMARTS) is 1. The van der Waals surface area contributed by atoms with E-state index in [1.807, 2.05) is 0 Å². The molecule has 3 saturated heterocycles. The van der Waals surface area contributed by atoms with E-state index in [-0.39, 0.29) is 12.0 Å². The Labute approximate surface area is 226 Å². The molecule has 0 radical (unpaired) electrons. The fourth-order valence-corrected chi connectivity index (χ4v) is 6.60. The number of ether oxygens (including phenoxy) is 1. The number of alkyl halides is 3. The van der Waals surface area contributed by atoms with Gasteiger partial charge in [0.2, 0.25) is 5.60 Å². The number of aliphatic carboxylic acids is 1. The smallest absolute Gasteiger partial charge is 0.430 e. The van der Waals surface area contributed by atoms with Crippen molar-refractivity contribution in [3.05, 3.63) is 60.1 Å². The average Bonchev–Trinajstić information content (AvgIpc) is 3.49. The molecule has 4 heterocycles. The molecule has 1 saturated carbocycles. The van der Waals surface area contributed by atoms with E-state index in [1.165, 1.54) is 11.8 Å². The third-order valence-electron chi connectivity index (χ3n) is 8.96. The number of quaternary nitrogens is 1. The molecule has 0 spiro atoms. The van der Waals surface area contributed by atoms with Crippen molar-refractivity contribution in [2.24, 2.45) is 11.8 Å². The molecule has 3 atom stereocenters. The zero-order chi connectivity index (χ0) is 28.3. The first-order valence-electron chi connectivity index (χ1n) is 13.6. The van der Waals surface area contributed by atoms with E-state index in [1.54, 1.807) is 12.1 Å². The van der Waals surface area contributed by atoms with Crippen molar-refractivity contribution in [1.82, 2.24) is 0 Å². The van der Waals surface area contributed by atoms with Crippen molar-refractivity contribution >= 4 is 11.9 Å². The van der Waals surface area contributed by atoms with Gasteiger partial charge in [-0.1, -0.05) is 49.6 Å². The summed E-state index contributed by atoms with van der Waals surface area (Å²) in [6.45, 7) is 5.38. The molecular formula is C29H36F3NO6. The normalized spacial score (nSPS) is 27.5. The molecule has 39 heavy (non-hydrogen) atoms. The first-order valence-corrected chi connectivity index (χ1v) is 13.6. The van der Waals surface area contributed by atoms with E-state index >= 15 is 0 Å². The van der Waals surface area contributed by atoms with Crippen LogP contribution in [0.2, 0.25) is 0 Å². The molecule has 214 valence electrons. The molecule has 4 aliphatic rings. The van der Waals surface area contributed by atoms with Crippen LogP contribution in [0.25, 0.3) is 0 Å². The third kappa shape index (κ3) is 6.17. The standard InChI is InChI=1S/C27H36NO4.C2HF3O2/c1-20(21-9-4-2-5-10-21)28-16-14-22(15-17-28)24(19-28)32-26(29)27(30,25-13-8-18-31-25)23-11-6-3-7-12-23;3-2(4,5)1(6)7/h2,4-5,8-10,13,18,20,22-24,30H,3,6-7,11-12,14-17,19H2,1H3;(H,6,7)/q+1;/p-1/t20?,22?,24-,27+,28?;/m0./s1. The third-order valence-corrected chi connectivity index (χ3v) is 8.96. The number of carbonyl (C=O) groups is 2. The van der Waals surface area contributed by atoms with Crippen LogP contribution in [0.15, 0.2) is 53.1 Å². The highest BCUT2D eigenvalue weighted by Gasteiger charge is 2.54. The fourth-order valence-electron chi connectivity index (χ4n) is 6.60. The summed E-state index contributed by atoms with van der Waals surface area (Å²) in [4.78, 5) is 22.4. The van der Waals surface area contributed by atoms with Gasteiger partial charge in [0.1, 0.15) is 24.3 Å². The van der Waals surface area contributed by atoms with Crippen LogP contribution >= 0.6 is 0 Å². The lowest BCUT2D eigenvalue weighted by Crippen LogP contribution is -2.65. The Kier molecular flexibility index (Phi) is 8.75. The summed E-state index contributed by atoms with van der Waals surface area (Å²) < 4.78 is 44.3. The molecule has 1 aromatic heterocycles. The van der Waals surface area contributed by atoms with Gasteiger partial charge < -0.3 is 28.6 Å². The van der Waals surface area contributed by atoms with Crippen LogP contribution < -0.4 is 5.11 Å². The van der Waals surface area contributed by atoms with Crippen molar-refractivity contribution < 1.29 is 46.6 Å². The molecule has 2 bridgehead atoms. The van der Waals surface area contributed by atoms with Crippen LogP contribution in [-0.4, -0.2) is 53.4 Å². The molecule has 1 N–H and O–H groups in total. The Morgan fingerprint density at radius 3 is 2.18 bits per heavy atom. The van der Waals surface area contributed by atoms with Gasteiger partial charge in [-0.3, -0.25) is 0 Å². The number of aliphatic hydroxyl groups is 1. The second kappa shape index (κ2) is 11.7. The maximum atomic E-state index is 13.6. The number of halogens is 3. The molecule has 3 aliphatic heterocycles. The van der Waals surface area contributed by atoms with E-state index in [0.29, 0.717) is 17.7 Å². The van der Waals surface area contributed by atoms with Crippen molar-refractivity contribution in [3.8, 4) is 0 Å². The molecule has 1 aliphatic carbocycles. The monoisotopic (exact) mass is 551 g/mol. The summed E-state index contributed by atoms with van der Waals surface area (Å²) in [5.74, 6) is -2.95. The van der Waals surface area contributed by atoms with Gasteiger partial charge in [0.05, 0.1) is 19.4 Å². The van der Waals surface area contributed by atoms with Gasteiger partial charge in [0, 0.05) is 30.2 Å². The predicted molar refractivity (Wildman–Crippen MR) is 133 cm³/mol. The number of carbonyl (C=O) groups excluding carboxylic acids is 2. The number of benzene rings is 1. The van der Waals surface area contributed by atoms with Crippen LogP contribution in [0.5, 0.6) is 0 Å². The summed E-state index contributed by atoms with van der Waals surface area (Å²) in [5.41, 5.74) is -0.349. The summed E-state index contributed by atoms with van der Waals surface area (Å²) >= 11 is 0. The molecule has 2 aromatic rings. The van der Waals surface area contributed by atoms with Crippen LogP contribution in [-0.2, 0) is 19.9 Å². The van der Waals surface area contributed by atoms with Gasteiger partial charge >= 0.3 is 12.1 Å². The lowest BCUT2D eigenvalue weighted by molar-refractivity contribution is -0.972. The number of fused-ring (bicyclic) bond motifs is 3. The lowest BCUT2D eigenvalue weighted by Gasteiger charge is -2.55. The maximum absolute atomic E-state index is 13.6. The van der Waals surface area contributed by atoms with Gasteiger partial charge in [-0.15, -0.1) is 0 Å². The number of carboxylic acids is 1. The van der Waals surface area contributed by atoms with E-state index in [0.717, 1.165) is 69.1 Å². The first kappa shape index (κ1) is 29.1. The van der Waals surface area contributed by atoms with Crippen molar-refractivity contribution in [2.45, 2.75) is 75.8 Å². The number of rotatable bonds is 6. The van der Waals surface area contributed by atoms with Crippen molar-refractivity contribution in [2.75, 3.05) is 19.6 Å². The number of piperidine rings is 3. The molecule has 10 heteroatoms. The Bertz CT molecular complexity index is 1090. The average molecular weight is 552 g/mol. The number of furan rings is 1. The SMILES string of the molecule is CC(c1ccccc1)[N+]12CCC(CC1)[C@@H](OC(=O)[C@](O)(c1ccco1)C1CCCCC1)C2.O=C([O-])C(F)(F)F. The highest BCUT2D eigenvalue weighted by atomic mass is 19.4. The van der Waals surface area contributed by atoms with Crippen LogP contribution in [0.1, 0.15) is 69.2 Å². The van der Waals surface area contributed by atoms with Gasteiger partial charge in [-0.05, 0) is 31.9 Å². The number of hydrogen-bond acceptors (Lipinski definition) is 6. The fraction of sp³-hybridized carbons (Fsp3) is 0.586. The summed E-state index contributed by atoms with van der Waals surface area (Å²) in [6.07, 6.45) is 3.19. The zero-order valence-electron chi connectivity index (χ0n) is 22.1. The van der Waals surface area contributed by atoms with E-state index in [4.69, 9.17) is 19.1 Å². The minimum Gasteiger partial charge on any atom is -0.542 e. The molecule has 0 amide bonds. The van der Waals surface area contributed by atoms with E-state index in [2.05, 4.69) is 37.3 Å². The summed E-state index contributed by atoms with van der Waals surface area (Å²) in [5, 5.41) is 20.5. The van der Waals surface area contributed by atoms with Crippen LogP contribution in [0, 0.1) is 11.8 Å². The van der Waals surface area contributed by atoms with Crippen molar-refractivity contribution in [3.63, 3.8) is 0 Å². The Hall–Kier alpha value is -2.85. The molecule has 1 unspecified atom stereocenters. The Balaban J connectivity index is 0.000000448. The van der Waals surface area contributed by atoms with Crippen LogP contribution in [0.3, 0.4) is 0 Å². The second-order valence-corrected chi connectivity index (χ2v) is 11.1.